The number of H-pyrrole nitrogens is 1. The normalized spacial score (nSPS) is 16.7. The van der Waals surface area contributed by atoms with Gasteiger partial charge in [0.2, 0.25) is 0 Å². The van der Waals surface area contributed by atoms with Gasteiger partial charge in [-0.3, -0.25) is 5.10 Å². The molecule has 1 aliphatic carbocycles. The summed E-state index contributed by atoms with van der Waals surface area (Å²) in [6.07, 6.45) is 6.15. The maximum Gasteiger partial charge on any atom is 0.181 e. The summed E-state index contributed by atoms with van der Waals surface area (Å²) in [4.78, 5) is 4.53. The monoisotopic (exact) mass is 260 g/mol. The Kier molecular flexibility index (Phi) is 3.19. The molecule has 1 saturated carbocycles. The van der Waals surface area contributed by atoms with Gasteiger partial charge < -0.3 is 5.73 Å². The second-order valence-corrected chi connectivity index (χ2v) is 5.12. The number of aromatic nitrogens is 3. The van der Waals surface area contributed by atoms with Crippen LogP contribution in [0, 0.1) is 5.82 Å². The van der Waals surface area contributed by atoms with Gasteiger partial charge in [-0.25, -0.2) is 9.37 Å². The molecule has 3 rings (SSSR count). The van der Waals surface area contributed by atoms with Crippen LogP contribution in [0.2, 0.25) is 0 Å². The number of rotatable bonds is 2. The highest BCUT2D eigenvalue weighted by molar-refractivity contribution is 5.61. The molecule has 100 valence electrons. The molecule has 1 aromatic heterocycles. The lowest BCUT2D eigenvalue weighted by Crippen LogP contribution is -2.06. The molecule has 1 aliphatic rings. The summed E-state index contributed by atoms with van der Waals surface area (Å²) in [6, 6.07) is 4.57. The van der Waals surface area contributed by atoms with Gasteiger partial charge in [0.15, 0.2) is 5.82 Å². The molecule has 2 aromatic rings. The van der Waals surface area contributed by atoms with Crippen molar-refractivity contribution in [1.29, 1.82) is 0 Å². The van der Waals surface area contributed by atoms with Crippen LogP contribution in [0.1, 0.15) is 43.8 Å². The third-order valence-electron chi connectivity index (χ3n) is 3.75. The fourth-order valence-corrected chi connectivity index (χ4v) is 2.64. The van der Waals surface area contributed by atoms with Crippen molar-refractivity contribution in [2.45, 2.75) is 38.0 Å². The number of halogens is 1. The molecule has 1 fully saturated rings. The van der Waals surface area contributed by atoms with Gasteiger partial charge >= 0.3 is 0 Å². The molecule has 1 aromatic carbocycles. The topological polar surface area (TPSA) is 67.6 Å². The second kappa shape index (κ2) is 4.99. The quantitative estimate of drug-likeness (QED) is 0.814. The van der Waals surface area contributed by atoms with E-state index in [-0.39, 0.29) is 5.69 Å². The molecule has 1 heterocycles. The van der Waals surface area contributed by atoms with E-state index in [0.717, 1.165) is 11.4 Å². The van der Waals surface area contributed by atoms with Crippen LogP contribution in [-0.4, -0.2) is 15.2 Å². The molecule has 0 amide bonds. The van der Waals surface area contributed by atoms with Crippen LogP contribution >= 0.6 is 0 Å². The van der Waals surface area contributed by atoms with Crippen molar-refractivity contribution in [2.75, 3.05) is 5.73 Å². The van der Waals surface area contributed by atoms with E-state index in [2.05, 4.69) is 15.2 Å². The largest absolute Gasteiger partial charge is 0.396 e. The smallest absolute Gasteiger partial charge is 0.181 e. The number of anilines is 1. The highest BCUT2D eigenvalue weighted by atomic mass is 19.1. The molecule has 0 atom stereocenters. The lowest BCUT2D eigenvalue weighted by Gasteiger charge is -2.18. The average molecular weight is 260 g/mol. The van der Waals surface area contributed by atoms with Gasteiger partial charge in [-0.2, -0.15) is 5.10 Å². The standard InChI is InChI=1S/C14H17FN4/c15-11-7-6-10(8-12(11)16)14-17-13(18-19-14)9-4-2-1-3-5-9/h6-9H,1-5,16H2,(H,17,18,19). The summed E-state index contributed by atoms with van der Waals surface area (Å²) in [6.45, 7) is 0. The molecule has 4 nitrogen and oxygen atoms in total. The van der Waals surface area contributed by atoms with E-state index in [1.165, 1.54) is 38.2 Å². The molecule has 0 aliphatic heterocycles. The van der Waals surface area contributed by atoms with Crippen LogP contribution in [0.5, 0.6) is 0 Å². The van der Waals surface area contributed by atoms with Crippen LogP contribution < -0.4 is 5.73 Å². The van der Waals surface area contributed by atoms with Gasteiger partial charge in [-0.1, -0.05) is 19.3 Å². The number of hydrogen-bond donors (Lipinski definition) is 2. The minimum absolute atomic E-state index is 0.126. The maximum absolute atomic E-state index is 13.1. The van der Waals surface area contributed by atoms with Gasteiger partial charge in [0.1, 0.15) is 11.6 Å². The first-order valence-corrected chi connectivity index (χ1v) is 6.72. The highest BCUT2D eigenvalue weighted by Gasteiger charge is 2.19. The number of benzene rings is 1. The van der Waals surface area contributed by atoms with E-state index in [4.69, 9.17) is 5.73 Å². The Morgan fingerprint density at radius 1 is 1.21 bits per heavy atom. The fraction of sp³-hybridized carbons (Fsp3) is 0.429. The molecule has 19 heavy (non-hydrogen) atoms. The van der Waals surface area contributed by atoms with E-state index in [1.54, 1.807) is 12.1 Å². The van der Waals surface area contributed by atoms with Gasteiger partial charge in [0.05, 0.1) is 5.69 Å². The Labute approximate surface area is 111 Å². The van der Waals surface area contributed by atoms with Gasteiger partial charge in [-0.15, -0.1) is 0 Å². The van der Waals surface area contributed by atoms with Crippen LogP contribution in [0.4, 0.5) is 10.1 Å². The van der Waals surface area contributed by atoms with Crippen LogP contribution in [0.15, 0.2) is 18.2 Å². The number of aromatic amines is 1. The Balaban J connectivity index is 1.85. The lowest BCUT2D eigenvalue weighted by atomic mass is 9.89. The molecule has 0 radical (unpaired) electrons. The number of nitrogens with two attached hydrogens (primary N) is 1. The number of hydrogen-bond acceptors (Lipinski definition) is 3. The van der Waals surface area contributed by atoms with Crippen molar-refractivity contribution in [3.63, 3.8) is 0 Å². The fourth-order valence-electron chi connectivity index (χ4n) is 2.64. The van der Waals surface area contributed by atoms with E-state index >= 15 is 0 Å². The molecule has 0 bridgehead atoms. The summed E-state index contributed by atoms with van der Waals surface area (Å²) >= 11 is 0. The number of nitrogens with one attached hydrogen (secondary N) is 1. The zero-order valence-corrected chi connectivity index (χ0v) is 10.7. The summed E-state index contributed by atoms with van der Waals surface area (Å²) in [5.74, 6) is 1.60. The summed E-state index contributed by atoms with van der Waals surface area (Å²) in [5.41, 5.74) is 6.44. The van der Waals surface area contributed by atoms with Crippen LogP contribution in [0.25, 0.3) is 11.4 Å². The molecular formula is C14H17FN4. The SMILES string of the molecule is Nc1cc(-c2n[nH]c(C3CCCCC3)n2)ccc1F. The molecule has 3 N–H and O–H groups in total. The summed E-state index contributed by atoms with van der Waals surface area (Å²) < 4.78 is 13.1. The minimum atomic E-state index is -0.410. The van der Waals surface area contributed by atoms with E-state index in [1.807, 2.05) is 0 Å². The first-order chi connectivity index (χ1) is 9.24. The molecular weight excluding hydrogens is 243 g/mol. The van der Waals surface area contributed by atoms with Gasteiger partial charge in [-0.05, 0) is 31.0 Å². The zero-order chi connectivity index (χ0) is 13.2. The van der Waals surface area contributed by atoms with E-state index in [0.29, 0.717) is 11.7 Å². The Bertz CT molecular complexity index is 573. The van der Waals surface area contributed by atoms with Crippen molar-refractivity contribution >= 4 is 5.69 Å². The second-order valence-electron chi connectivity index (χ2n) is 5.12. The molecule has 0 saturated heterocycles. The van der Waals surface area contributed by atoms with Crippen molar-refractivity contribution in [2.24, 2.45) is 0 Å². The first-order valence-electron chi connectivity index (χ1n) is 6.72. The summed E-state index contributed by atoms with van der Waals surface area (Å²) in [7, 11) is 0. The Morgan fingerprint density at radius 2 is 2.00 bits per heavy atom. The van der Waals surface area contributed by atoms with E-state index < -0.39 is 5.82 Å². The highest BCUT2D eigenvalue weighted by Crippen LogP contribution is 2.31. The number of nitrogens with zero attached hydrogens (tertiary/aromatic N) is 2. The maximum atomic E-state index is 13.1. The lowest BCUT2D eigenvalue weighted by molar-refractivity contribution is 0.429. The van der Waals surface area contributed by atoms with Crippen molar-refractivity contribution < 1.29 is 4.39 Å². The molecule has 5 heteroatoms. The predicted octanol–water partition coefficient (Wildman–Crippen LogP) is 3.24. The minimum Gasteiger partial charge on any atom is -0.396 e. The van der Waals surface area contributed by atoms with Crippen molar-refractivity contribution in [3.8, 4) is 11.4 Å². The summed E-state index contributed by atoms with van der Waals surface area (Å²) in [5, 5.41) is 7.23. The van der Waals surface area contributed by atoms with Crippen LogP contribution in [0.3, 0.4) is 0 Å². The predicted molar refractivity (Wildman–Crippen MR) is 72.0 cm³/mol. The third-order valence-corrected chi connectivity index (χ3v) is 3.75. The molecule has 0 unspecified atom stereocenters. The van der Waals surface area contributed by atoms with E-state index in [9.17, 15) is 4.39 Å². The van der Waals surface area contributed by atoms with Crippen molar-refractivity contribution in [1.82, 2.24) is 15.2 Å². The third kappa shape index (κ3) is 2.45. The van der Waals surface area contributed by atoms with Gasteiger partial charge in [0.25, 0.3) is 0 Å². The Morgan fingerprint density at radius 3 is 2.74 bits per heavy atom. The average Bonchev–Trinajstić information content (AvgIpc) is 2.93. The molecule has 0 spiro atoms. The van der Waals surface area contributed by atoms with Crippen molar-refractivity contribution in [3.05, 3.63) is 29.8 Å². The first kappa shape index (κ1) is 12.1. The number of nitrogen functional groups attached to an aromatic ring is 1. The van der Waals surface area contributed by atoms with Crippen LogP contribution in [-0.2, 0) is 0 Å². The Hall–Kier alpha value is -1.91. The van der Waals surface area contributed by atoms with Gasteiger partial charge in [0, 0.05) is 11.5 Å². The zero-order valence-electron chi connectivity index (χ0n) is 10.7.